The Hall–Kier alpha value is -2.54. The van der Waals surface area contributed by atoms with Gasteiger partial charge in [-0.3, -0.25) is 4.79 Å². The topological polar surface area (TPSA) is 76.1 Å². The summed E-state index contributed by atoms with van der Waals surface area (Å²) in [6.07, 6.45) is 1.97. The molecule has 1 aromatic rings. The molecule has 1 atom stereocenters. The van der Waals surface area contributed by atoms with Gasteiger partial charge in [0.15, 0.2) is 5.78 Å². The average molecular weight is 280 g/mol. The van der Waals surface area contributed by atoms with E-state index in [4.69, 9.17) is 10.5 Å². The predicted octanol–water partition coefficient (Wildman–Crippen LogP) is 2.81. The molecule has 0 radical (unpaired) electrons. The third-order valence-electron chi connectivity index (χ3n) is 4.02. The number of carbonyl (C=O) groups excluding carboxylic acids is 1. The van der Waals surface area contributed by atoms with Crippen molar-refractivity contribution in [3.63, 3.8) is 0 Å². The monoisotopic (exact) mass is 280 g/mol. The molecule has 0 spiro atoms. The average Bonchev–Trinajstić information content (AvgIpc) is 2.47. The van der Waals surface area contributed by atoms with Crippen LogP contribution < -0.4 is 5.73 Å². The standard InChI is InChI=1S/C17H16N2O2/c1-10-5-7-11(8-6-10)15-12(9-18)17(19)21-14-4-2-3-13(20)16(14)15/h5-8,15H,2-4,19H2,1H3/t15-/m0/s1. The third kappa shape index (κ3) is 2.21. The van der Waals surface area contributed by atoms with Crippen LogP contribution in [0, 0.1) is 18.3 Å². The van der Waals surface area contributed by atoms with Gasteiger partial charge in [-0.15, -0.1) is 0 Å². The van der Waals surface area contributed by atoms with Gasteiger partial charge in [0.2, 0.25) is 5.88 Å². The fraction of sp³-hybridized carbons (Fsp3) is 0.294. The van der Waals surface area contributed by atoms with Gasteiger partial charge in [-0.2, -0.15) is 5.26 Å². The van der Waals surface area contributed by atoms with E-state index in [0.29, 0.717) is 29.7 Å². The fourth-order valence-corrected chi connectivity index (χ4v) is 2.95. The molecule has 0 bridgehead atoms. The van der Waals surface area contributed by atoms with Crippen LogP contribution in [0.4, 0.5) is 0 Å². The quantitative estimate of drug-likeness (QED) is 0.858. The number of ether oxygens (including phenoxy) is 1. The molecule has 2 aliphatic rings. The normalized spacial score (nSPS) is 21.7. The minimum atomic E-state index is -0.396. The van der Waals surface area contributed by atoms with Crippen LogP contribution in [0.25, 0.3) is 0 Å². The van der Waals surface area contributed by atoms with Crippen molar-refractivity contribution in [3.05, 3.63) is 58.2 Å². The van der Waals surface area contributed by atoms with Gasteiger partial charge in [0, 0.05) is 18.4 Å². The van der Waals surface area contributed by atoms with Crippen LogP contribution in [0.3, 0.4) is 0 Å². The summed E-state index contributed by atoms with van der Waals surface area (Å²) in [5, 5.41) is 9.42. The number of hydrogen-bond acceptors (Lipinski definition) is 4. The minimum Gasteiger partial charge on any atom is -0.444 e. The number of Topliss-reactive ketones (excluding diaryl/α,β-unsaturated/α-hetero) is 1. The van der Waals surface area contributed by atoms with Crippen molar-refractivity contribution in [2.75, 3.05) is 0 Å². The van der Waals surface area contributed by atoms with Crippen molar-refractivity contribution >= 4 is 5.78 Å². The van der Waals surface area contributed by atoms with Gasteiger partial charge in [0.05, 0.1) is 5.92 Å². The molecule has 106 valence electrons. The summed E-state index contributed by atoms with van der Waals surface area (Å²) in [4.78, 5) is 12.3. The largest absolute Gasteiger partial charge is 0.444 e. The minimum absolute atomic E-state index is 0.0575. The van der Waals surface area contributed by atoms with Crippen molar-refractivity contribution in [2.45, 2.75) is 32.1 Å². The summed E-state index contributed by atoms with van der Waals surface area (Å²) >= 11 is 0. The molecule has 0 saturated heterocycles. The Bertz CT molecular complexity index is 705. The van der Waals surface area contributed by atoms with Gasteiger partial charge >= 0.3 is 0 Å². The highest BCUT2D eigenvalue weighted by molar-refractivity contribution is 5.99. The van der Waals surface area contributed by atoms with Crippen LogP contribution in [-0.2, 0) is 9.53 Å². The highest BCUT2D eigenvalue weighted by atomic mass is 16.5. The van der Waals surface area contributed by atoms with Crippen LogP contribution in [0.2, 0.25) is 0 Å². The van der Waals surface area contributed by atoms with Gasteiger partial charge in [0.1, 0.15) is 17.4 Å². The van der Waals surface area contributed by atoms with Gasteiger partial charge in [-0.1, -0.05) is 29.8 Å². The van der Waals surface area contributed by atoms with E-state index in [-0.39, 0.29) is 11.7 Å². The van der Waals surface area contributed by atoms with E-state index in [9.17, 15) is 10.1 Å². The summed E-state index contributed by atoms with van der Waals surface area (Å²) < 4.78 is 5.53. The second kappa shape index (κ2) is 5.10. The number of aryl methyl sites for hydroxylation is 1. The van der Waals surface area contributed by atoms with E-state index in [1.807, 2.05) is 31.2 Å². The molecular formula is C17H16N2O2. The first-order valence-electron chi connectivity index (χ1n) is 7.02. The van der Waals surface area contributed by atoms with Crippen molar-refractivity contribution in [3.8, 4) is 6.07 Å². The number of hydrogen-bond donors (Lipinski definition) is 1. The Labute approximate surface area is 123 Å². The van der Waals surface area contributed by atoms with Crippen molar-refractivity contribution in [1.82, 2.24) is 0 Å². The molecule has 0 amide bonds. The summed E-state index contributed by atoms with van der Waals surface area (Å²) in [6, 6.07) is 9.96. The maximum atomic E-state index is 12.3. The number of nitrogens with two attached hydrogens (primary N) is 1. The first-order valence-corrected chi connectivity index (χ1v) is 7.02. The zero-order valence-corrected chi connectivity index (χ0v) is 11.8. The van der Waals surface area contributed by atoms with E-state index < -0.39 is 5.92 Å². The molecule has 1 aliphatic heterocycles. The molecule has 4 heteroatoms. The molecular weight excluding hydrogens is 264 g/mol. The number of rotatable bonds is 1. The first kappa shape index (κ1) is 13.4. The summed E-state index contributed by atoms with van der Waals surface area (Å²) in [7, 11) is 0. The molecule has 0 unspecified atom stereocenters. The van der Waals surface area contributed by atoms with Crippen molar-refractivity contribution in [2.24, 2.45) is 5.73 Å². The maximum absolute atomic E-state index is 12.3. The second-order valence-corrected chi connectivity index (χ2v) is 5.45. The zero-order valence-electron chi connectivity index (χ0n) is 11.8. The van der Waals surface area contributed by atoms with Gasteiger partial charge < -0.3 is 10.5 Å². The van der Waals surface area contributed by atoms with Crippen molar-refractivity contribution < 1.29 is 9.53 Å². The van der Waals surface area contributed by atoms with E-state index in [0.717, 1.165) is 17.5 Å². The number of nitriles is 1. The van der Waals surface area contributed by atoms with Crippen LogP contribution in [0.1, 0.15) is 36.3 Å². The predicted molar refractivity (Wildman–Crippen MR) is 77.7 cm³/mol. The van der Waals surface area contributed by atoms with E-state index in [1.165, 1.54) is 0 Å². The third-order valence-corrected chi connectivity index (χ3v) is 4.02. The zero-order chi connectivity index (χ0) is 15.0. The highest BCUT2D eigenvalue weighted by Gasteiger charge is 2.37. The fourth-order valence-electron chi connectivity index (χ4n) is 2.95. The molecule has 1 aromatic carbocycles. The molecule has 0 saturated carbocycles. The van der Waals surface area contributed by atoms with E-state index in [2.05, 4.69) is 6.07 Å². The van der Waals surface area contributed by atoms with E-state index >= 15 is 0 Å². The molecule has 1 aliphatic carbocycles. The maximum Gasteiger partial charge on any atom is 0.205 e. The van der Waals surface area contributed by atoms with Crippen LogP contribution in [0.5, 0.6) is 0 Å². The molecule has 2 N–H and O–H groups in total. The molecule has 0 aromatic heterocycles. The lowest BCUT2D eigenvalue weighted by Gasteiger charge is -2.31. The molecule has 0 fully saturated rings. The summed E-state index contributed by atoms with van der Waals surface area (Å²) in [5.74, 6) is 0.416. The van der Waals surface area contributed by atoms with Gasteiger partial charge in [0.25, 0.3) is 0 Å². The summed E-state index contributed by atoms with van der Waals surface area (Å²) in [6.45, 7) is 2.00. The Balaban J connectivity index is 2.17. The Kier molecular flexibility index (Phi) is 3.26. The summed E-state index contributed by atoms with van der Waals surface area (Å²) in [5.41, 5.74) is 8.86. The number of benzene rings is 1. The number of ketones is 1. The smallest absolute Gasteiger partial charge is 0.205 e. The second-order valence-electron chi connectivity index (χ2n) is 5.45. The number of carbonyl (C=O) groups is 1. The molecule has 4 nitrogen and oxygen atoms in total. The Morgan fingerprint density at radius 2 is 2.00 bits per heavy atom. The van der Waals surface area contributed by atoms with Gasteiger partial charge in [-0.25, -0.2) is 0 Å². The Morgan fingerprint density at radius 3 is 2.67 bits per heavy atom. The SMILES string of the molecule is Cc1ccc([C@H]2C(C#N)=C(N)OC3=C2C(=O)CCC3)cc1. The van der Waals surface area contributed by atoms with Crippen molar-refractivity contribution in [1.29, 1.82) is 5.26 Å². The lowest BCUT2D eigenvalue weighted by atomic mass is 9.77. The number of allylic oxidation sites excluding steroid dienone is 3. The lowest BCUT2D eigenvalue weighted by molar-refractivity contribution is -0.116. The van der Waals surface area contributed by atoms with Crippen LogP contribution in [-0.4, -0.2) is 5.78 Å². The molecule has 3 rings (SSSR count). The number of nitrogens with zero attached hydrogens (tertiary/aromatic N) is 1. The Morgan fingerprint density at radius 1 is 1.29 bits per heavy atom. The lowest BCUT2D eigenvalue weighted by Crippen LogP contribution is -2.27. The first-order chi connectivity index (χ1) is 10.1. The van der Waals surface area contributed by atoms with Gasteiger partial charge in [-0.05, 0) is 18.9 Å². The van der Waals surface area contributed by atoms with Crippen LogP contribution >= 0.6 is 0 Å². The highest BCUT2D eigenvalue weighted by Crippen LogP contribution is 2.43. The molecule has 21 heavy (non-hydrogen) atoms. The van der Waals surface area contributed by atoms with Crippen LogP contribution in [0.15, 0.2) is 47.1 Å². The molecule has 1 heterocycles. The van der Waals surface area contributed by atoms with E-state index in [1.54, 1.807) is 0 Å².